The quantitative estimate of drug-likeness (QED) is 0.248. The molecule has 3 aliphatic rings. The first-order valence-corrected chi connectivity index (χ1v) is 13.4. The molecular weight excluding hydrogens is 496 g/mol. The van der Waals surface area contributed by atoms with Gasteiger partial charge in [-0.3, -0.25) is 14.5 Å². The van der Waals surface area contributed by atoms with Crippen LogP contribution < -0.4 is 0 Å². The largest absolute Gasteiger partial charge is 0.468 e. The zero-order chi connectivity index (χ0) is 27.6. The number of rotatable bonds is 8. The number of hydrogen-bond acceptors (Lipinski definition) is 6. The van der Waals surface area contributed by atoms with E-state index in [1.807, 2.05) is 61.5 Å². The van der Waals surface area contributed by atoms with E-state index in [1.165, 1.54) is 14.0 Å². The summed E-state index contributed by atoms with van der Waals surface area (Å²) in [5.74, 6) is -0.821. The molecule has 0 spiro atoms. The molecule has 2 aliphatic heterocycles. The van der Waals surface area contributed by atoms with E-state index >= 15 is 0 Å². The number of carbonyl (C=O) groups is 3. The number of nitrogens with zero attached hydrogens (tertiary/aromatic N) is 1. The van der Waals surface area contributed by atoms with Crippen molar-refractivity contribution in [1.29, 1.82) is 0 Å². The third-order valence-electron chi connectivity index (χ3n) is 7.91. The molecule has 0 unspecified atom stereocenters. The molecule has 3 atom stereocenters. The van der Waals surface area contributed by atoms with Gasteiger partial charge in [-0.2, -0.15) is 0 Å². The lowest BCUT2D eigenvalue weighted by Crippen LogP contribution is -2.66. The molecule has 0 saturated carbocycles. The number of benzene rings is 2. The number of H-pyrrole nitrogens is 1. The maximum Gasteiger partial charge on any atom is 0.410 e. The van der Waals surface area contributed by atoms with E-state index < -0.39 is 23.5 Å². The van der Waals surface area contributed by atoms with Gasteiger partial charge < -0.3 is 19.2 Å². The fourth-order valence-corrected chi connectivity index (χ4v) is 6.38. The molecule has 1 aromatic heterocycles. The van der Waals surface area contributed by atoms with Crippen LogP contribution in [0.15, 0.2) is 66.2 Å². The van der Waals surface area contributed by atoms with Crippen LogP contribution in [-0.2, 0) is 42.2 Å². The summed E-state index contributed by atoms with van der Waals surface area (Å²) in [5, 5.41) is 0.949. The first kappa shape index (κ1) is 26.5. The molecule has 1 amide bonds. The molecule has 1 aliphatic carbocycles. The number of para-hydroxylation sites is 1. The summed E-state index contributed by atoms with van der Waals surface area (Å²) in [7, 11) is 1.39. The van der Waals surface area contributed by atoms with Crippen molar-refractivity contribution in [1.82, 2.24) is 9.88 Å². The normalized spacial score (nSPS) is 21.9. The number of fused-ring (bicyclic) bond motifs is 3. The molecule has 6 rings (SSSR count). The van der Waals surface area contributed by atoms with Crippen LogP contribution in [0.2, 0.25) is 0 Å². The van der Waals surface area contributed by atoms with Gasteiger partial charge in [0.2, 0.25) is 0 Å². The van der Waals surface area contributed by atoms with Crippen molar-refractivity contribution in [2.24, 2.45) is 5.92 Å². The monoisotopic (exact) mass is 530 g/mol. The van der Waals surface area contributed by atoms with Crippen LogP contribution in [0, 0.1) is 5.92 Å². The number of piperidine rings is 1. The zero-order valence-electron chi connectivity index (χ0n) is 22.6. The van der Waals surface area contributed by atoms with E-state index in [2.05, 4.69) is 11.1 Å². The van der Waals surface area contributed by atoms with Crippen LogP contribution in [0.4, 0.5) is 4.79 Å². The van der Waals surface area contributed by atoms with Gasteiger partial charge in [0.05, 0.1) is 19.8 Å². The van der Waals surface area contributed by atoms with Crippen LogP contribution in [0.5, 0.6) is 0 Å². The van der Waals surface area contributed by atoms with Crippen molar-refractivity contribution in [3.05, 3.63) is 83.1 Å². The summed E-state index contributed by atoms with van der Waals surface area (Å²) in [5.41, 5.74) is 3.19. The SMILES string of the molecule is CCC1=C[C@@H]2CN(C(=O)OCc3ccccc3)[C@H]1[C@](C(=O)OC)(c1[nH]c3ccccc3c1CCOC(C)=O)C2. The Hall–Kier alpha value is -4.07. The van der Waals surface area contributed by atoms with Gasteiger partial charge in [0, 0.05) is 36.5 Å². The number of methoxy groups -OCH3 is 1. The lowest BCUT2D eigenvalue weighted by atomic mass is 9.60. The second kappa shape index (κ2) is 11.0. The van der Waals surface area contributed by atoms with E-state index in [0.29, 0.717) is 31.5 Å². The topological polar surface area (TPSA) is 97.9 Å². The maximum absolute atomic E-state index is 14.0. The third-order valence-corrected chi connectivity index (χ3v) is 7.91. The van der Waals surface area contributed by atoms with E-state index in [9.17, 15) is 14.4 Å². The fourth-order valence-electron chi connectivity index (χ4n) is 6.38. The predicted molar refractivity (Wildman–Crippen MR) is 146 cm³/mol. The van der Waals surface area contributed by atoms with Crippen molar-refractivity contribution >= 4 is 28.9 Å². The van der Waals surface area contributed by atoms with Crippen molar-refractivity contribution in [3.63, 3.8) is 0 Å². The van der Waals surface area contributed by atoms with Crippen LogP contribution in [0.25, 0.3) is 10.9 Å². The highest BCUT2D eigenvalue weighted by atomic mass is 16.6. The Morgan fingerprint density at radius 2 is 1.79 bits per heavy atom. The summed E-state index contributed by atoms with van der Waals surface area (Å²) >= 11 is 0. The maximum atomic E-state index is 14.0. The standard InChI is InChI=1S/C31H34N2O6/c1-4-23-16-22-17-31(29(35)37-3,28(23)33(18-22)30(36)39-19-21-10-6-5-7-11-21)27-25(14-15-38-20(2)34)24-12-8-9-13-26(24)32-27/h5-13,16,22,28,32H,4,14-15,17-19H2,1-3H3/t22-,28+,31+/m0/s1. The highest BCUT2D eigenvalue weighted by Gasteiger charge is 2.61. The number of hydrogen-bond donors (Lipinski definition) is 1. The molecule has 1 saturated heterocycles. The third kappa shape index (κ3) is 4.80. The Morgan fingerprint density at radius 3 is 2.51 bits per heavy atom. The number of ether oxygens (including phenoxy) is 3. The minimum Gasteiger partial charge on any atom is -0.468 e. The number of esters is 2. The van der Waals surface area contributed by atoms with Crippen molar-refractivity contribution < 1.29 is 28.6 Å². The molecule has 1 N–H and O–H groups in total. The summed E-state index contributed by atoms with van der Waals surface area (Å²) in [6, 6.07) is 16.8. The second-order valence-electron chi connectivity index (χ2n) is 10.2. The van der Waals surface area contributed by atoms with Gasteiger partial charge in [-0.15, -0.1) is 0 Å². The van der Waals surface area contributed by atoms with E-state index in [-0.39, 0.29) is 25.1 Å². The number of amides is 1. The van der Waals surface area contributed by atoms with Crippen LogP contribution in [-0.4, -0.2) is 54.2 Å². The number of nitrogens with one attached hydrogen (secondary N) is 1. The number of aromatic amines is 1. The molecular formula is C31H34N2O6. The van der Waals surface area contributed by atoms with Crippen molar-refractivity contribution in [2.75, 3.05) is 20.3 Å². The minimum atomic E-state index is -1.17. The van der Waals surface area contributed by atoms with Crippen LogP contribution in [0.1, 0.15) is 43.5 Å². The van der Waals surface area contributed by atoms with Crippen molar-refractivity contribution in [2.45, 2.75) is 51.2 Å². The molecule has 8 nitrogen and oxygen atoms in total. The fraction of sp³-hybridized carbons (Fsp3) is 0.387. The minimum absolute atomic E-state index is 0.0546. The van der Waals surface area contributed by atoms with Gasteiger partial charge in [-0.05, 0) is 36.0 Å². The molecule has 8 heteroatoms. The van der Waals surface area contributed by atoms with Gasteiger partial charge in [0.1, 0.15) is 12.0 Å². The Kier molecular flexibility index (Phi) is 7.46. The van der Waals surface area contributed by atoms with Gasteiger partial charge in [-0.1, -0.05) is 67.1 Å². The average molecular weight is 531 g/mol. The van der Waals surface area contributed by atoms with Gasteiger partial charge in [0.25, 0.3) is 0 Å². The van der Waals surface area contributed by atoms with Crippen LogP contribution in [0.3, 0.4) is 0 Å². The predicted octanol–water partition coefficient (Wildman–Crippen LogP) is 5.06. The first-order chi connectivity index (χ1) is 18.9. The smallest absolute Gasteiger partial charge is 0.410 e. The summed E-state index contributed by atoms with van der Waals surface area (Å²) in [6.07, 6.45) is 3.32. The first-order valence-electron chi connectivity index (χ1n) is 13.4. The van der Waals surface area contributed by atoms with E-state index in [0.717, 1.165) is 27.6 Å². The summed E-state index contributed by atoms with van der Waals surface area (Å²) in [6.45, 7) is 4.20. The number of carbonyl (C=O) groups excluding carboxylic acids is 3. The molecule has 3 aromatic rings. The summed E-state index contributed by atoms with van der Waals surface area (Å²) < 4.78 is 16.6. The highest BCUT2D eigenvalue weighted by Crippen LogP contribution is 2.51. The molecule has 39 heavy (non-hydrogen) atoms. The molecule has 2 aromatic carbocycles. The van der Waals surface area contributed by atoms with E-state index in [1.54, 1.807) is 4.90 Å². The van der Waals surface area contributed by atoms with Crippen LogP contribution >= 0.6 is 0 Å². The Bertz CT molecular complexity index is 1410. The number of aromatic nitrogens is 1. The van der Waals surface area contributed by atoms with Gasteiger partial charge in [0.15, 0.2) is 0 Å². The molecule has 2 bridgehead atoms. The Balaban J connectivity index is 1.60. The Labute approximate surface area is 227 Å². The lowest BCUT2D eigenvalue weighted by molar-refractivity contribution is -0.153. The van der Waals surface area contributed by atoms with Crippen molar-refractivity contribution in [3.8, 4) is 0 Å². The van der Waals surface area contributed by atoms with Gasteiger partial charge in [-0.25, -0.2) is 4.79 Å². The average Bonchev–Trinajstić information content (AvgIpc) is 3.34. The lowest BCUT2D eigenvalue weighted by Gasteiger charge is -2.54. The zero-order valence-corrected chi connectivity index (χ0v) is 22.6. The molecule has 1 fully saturated rings. The molecule has 0 radical (unpaired) electrons. The van der Waals surface area contributed by atoms with Gasteiger partial charge >= 0.3 is 18.0 Å². The summed E-state index contributed by atoms with van der Waals surface area (Å²) in [4.78, 5) is 44.3. The second-order valence-corrected chi connectivity index (χ2v) is 10.2. The highest BCUT2D eigenvalue weighted by molar-refractivity contribution is 5.92. The molecule has 3 heterocycles. The van der Waals surface area contributed by atoms with E-state index in [4.69, 9.17) is 14.2 Å². The molecule has 204 valence electrons. The Morgan fingerprint density at radius 1 is 1.05 bits per heavy atom.